The largest absolute Gasteiger partial charge is 0.434 e. The second kappa shape index (κ2) is 8.47. The van der Waals surface area contributed by atoms with Crippen molar-refractivity contribution >= 4 is 17.4 Å². The molecule has 0 bridgehead atoms. The van der Waals surface area contributed by atoms with Gasteiger partial charge in [-0.25, -0.2) is 4.79 Å². The molecule has 0 unspecified atom stereocenters. The van der Waals surface area contributed by atoms with Crippen LogP contribution < -0.4 is 15.4 Å². The SMILES string of the molecule is CCc1ccc(CNC(=O)NCc2ccccc2OC(F)F)s1. The number of para-hydroxylation sites is 1. The van der Waals surface area contributed by atoms with E-state index in [0.29, 0.717) is 12.1 Å². The summed E-state index contributed by atoms with van der Waals surface area (Å²) >= 11 is 1.65. The summed E-state index contributed by atoms with van der Waals surface area (Å²) in [5.41, 5.74) is 0.493. The molecule has 1 aromatic carbocycles. The molecular weight excluding hydrogens is 322 g/mol. The Hall–Kier alpha value is -2.15. The van der Waals surface area contributed by atoms with Crippen molar-refractivity contribution < 1.29 is 18.3 Å². The third-order valence-electron chi connectivity index (χ3n) is 3.12. The van der Waals surface area contributed by atoms with E-state index < -0.39 is 6.61 Å². The standard InChI is InChI=1S/C16H18F2N2O2S/c1-2-12-7-8-13(23-12)10-20-16(21)19-9-11-5-3-4-6-14(11)22-15(17)18/h3-8,15H,2,9-10H2,1H3,(H2,19,20,21). The summed E-state index contributed by atoms with van der Waals surface area (Å²) in [5.74, 6) is 0.0636. The average Bonchev–Trinajstić information content (AvgIpc) is 2.99. The quantitative estimate of drug-likeness (QED) is 0.803. The summed E-state index contributed by atoms with van der Waals surface area (Å²) in [6.07, 6.45) is 0.970. The lowest BCUT2D eigenvalue weighted by Gasteiger charge is -2.11. The zero-order chi connectivity index (χ0) is 16.7. The van der Waals surface area contributed by atoms with Crippen molar-refractivity contribution in [2.45, 2.75) is 33.0 Å². The van der Waals surface area contributed by atoms with Gasteiger partial charge in [0.15, 0.2) is 0 Å². The first kappa shape index (κ1) is 17.2. The highest BCUT2D eigenvalue weighted by atomic mass is 32.1. The molecular formula is C16H18F2N2O2S. The summed E-state index contributed by atoms with van der Waals surface area (Å²) in [6.45, 7) is -0.267. The molecule has 2 amide bonds. The molecule has 124 valence electrons. The summed E-state index contributed by atoms with van der Waals surface area (Å²) in [5, 5.41) is 5.37. The van der Waals surface area contributed by atoms with E-state index in [1.807, 2.05) is 12.1 Å². The number of carbonyl (C=O) groups is 1. The lowest BCUT2D eigenvalue weighted by molar-refractivity contribution is -0.0504. The van der Waals surface area contributed by atoms with Gasteiger partial charge in [-0.3, -0.25) is 0 Å². The minimum absolute atomic E-state index is 0.0636. The van der Waals surface area contributed by atoms with Gasteiger partial charge in [-0.1, -0.05) is 25.1 Å². The number of hydrogen-bond donors (Lipinski definition) is 2. The minimum Gasteiger partial charge on any atom is -0.434 e. The summed E-state index contributed by atoms with van der Waals surface area (Å²) in [4.78, 5) is 14.1. The van der Waals surface area contributed by atoms with Crippen LogP contribution in [-0.4, -0.2) is 12.6 Å². The van der Waals surface area contributed by atoms with E-state index in [0.717, 1.165) is 11.3 Å². The van der Waals surface area contributed by atoms with Crippen molar-refractivity contribution in [3.8, 4) is 5.75 Å². The molecule has 0 atom stereocenters. The number of urea groups is 1. The number of aryl methyl sites for hydroxylation is 1. The fourth-order valence-corrected chi connectivity index (χ4v) is 2.87. The van der Waals surface area contributed by atoms with E-state index in [2.05, 4.69) is 22.3 Å². The van der Waals surface area contributed by atoms with Crippen molar-refractivity contribution in [2.75, 3.05) is 0 Å². The summed E-state index contributed by atoms with van der Waals surface area (Å²) in [6, 6.07) is 10.0. The Morgan fingerprint density at radius 2 is 1.83 bits per heavy atom. The molecule has 0 aliphatic rings. The minimum atomic E-state index is -2.89. The van der Waals surface area contributed by atoms with Crippen LogP contribution in [0.2, 0.25) is 0 Å². The topological polar surface area (TPSA) is 50.4 Å². The Morgan fingerprint density at radius 3 is 2.52 bits per heavy atom. The molecule has 1 heterocycles. The molecule has 7 heteroatoms. The Labute approximate surface area is 137 Å². The summed E-state index contributed by atoms with van der Waals surface area (Å²) in [7, 11) is 0. The van der Waals surface area contributed by atoms with Crippen LogP contribution in [0.4, 0.5) is 13.6 Å². The number of nitrogens with one attached hydrogen (secondary N) is 2. The highest BCUT2D eigenvalue weighted by molar-refractivity contribution is 7.11. The van der Waals surface area contributed by atoms with Gasteiger partial charge in [-0.2, -0.15) is 8.78 Å². The van der Waals surface area contributed by atoms with Crippen LogP contribution in [-0.2, 0) is 19.5 Å². The van der Waals surface area contributed by atoms with E-state index in [4.69, 9.17) is 0 Å². The molecule has 0 saturated carbocycles. The van der Waals surface area contributed by atoms with Crippen molar-refractivity contribution in [1.82, 2.24) is 10.6 Å². The highest BCUT2D eigenvalue weighted by Gasteiger charge is 2.10. The van der Waals surface area contributed by atoms with E-state index in [9.17, 15) is 13.6 Å². The smallest absolute Gasteiger partial charge is 0.387 e. The van der Waals surface area contributed by atoms with E-state index in [1.54, 1.807) is 29.5 Å². The third-order valence-corrected chi connectivity index (χ3v) is 4.35. The number of benzene rings is 1. The molecule has 1 aromatic heterocycles. The molecule has 0 saturated heterocycles. The van der Waals surface area contributed by atoms with Crippen LogP contribution in [0.3, 0.4) is 0 Å². The number of alkyl halides is 2. The van der Waals surface area contributed by atoms with Crippen LogP contribution in [0.5, 0.6) is 5.75 Å². The molecule has 0 radical (unpaired) electrons. The third kappa shape index (κ3) is 5.52. The number of thiophene rings is 1. The maximum absolute atomic E-state index is 12.3. The Bertz CT molecular complexity index is 647. The number of amides is 2. The molecule has 0 fully saturated rings. The Balaban J connectivity index is 1.82. The molecule has 0 aliphatic carbocycles. The molecule has 0 spiro atoms. The number of halogens is 2. The second-order valence-electron chi connectivity index (χ2n) is 4.74. The predicted molar refractivity (Wildman–Crippen MR) is 85.8 cm³/mol. The van der Waals surface area contributed by atoms with Gasteiger partial charge in [-0.15, -0.1) is 11.3 Å². The van der Waals surface area contributed by atoms with Crippen LogP contribution in [0, 0.1) is 0 Å². The zero-order valence-electron chi connectivity index (χ0n) is 12.6. The van der Waals surface area contributed by atoms with Crippen LogP contribution >= 0.6 is 11.3 Å². The molecule has 0 aliphatic heterocycles. The first-order chi connectivity index (χ1) is 11.1. The fraction of sp³-hybridized carbons (Fsp3) is 0.312. The lowest BCUT2D eigenvalue weighted by atomic mass is 10.2. The normalized spacial score (nSPS) is 10.6. The zero-order valence-corrected chi connectivity index (χ0v) is 13.5. The Kier molecular flexibility index (Phi) is 6.34. The van der Waals surface area contributed by atoms with Crippen LogP contribution in [0.1, 0.15) is 22.2 Å². The van der Waals surface area contributed by atoms with Crippen molar-refractivity contribution in [3.63, 3.8) is 0 Å². The van der Waals surface area contributed by atoms with Gasteiger partial charge in [0, 0.05) is 21.9 Å². The fourth-order valence-electron chi connectivity index (χ4n) is 1.97. The molecule has 2 rings (SSSR count). The van der Waals surface area contributed by atoms with Gasteiger partial charge in [0.2, 0.25) is 0 Å². The van der Waals surface area contributed by atoms with Crippen molar-refractivity contribution in [2.24, 2.45) is 0 Å². The molecule has 4 nitrogen and oxygen atoms in total. The van der Waals surface area contributed by atoms with Gasteiger partial charge < -0.3 is 15.4 Å². The number of ether oxygens (including phenoxy) is 1. The maximum atomic E-state index is 12.3. The first-order valence-corrected chi connectivity index (χ1v) is 8.02. The van der Waals surface area contributed by atoms with Crippen molar-refractivity contribution in [1.29, 1.82) is 0 Å². The maximum Gasteiger partial charge on any atom is 0.387 e. The first-order valence-electron chi connectivity index (χ1n) is 7.20. The Morgan fingerprint density at radius 1 is 1.13 bits per heavy atom. The van der Waals surface area contributed by atoms with Crippen LogP contribution in [0.25, 0.3) is 0 Å². The van der Waals surface area contributed by atoms with Gasteiger partial charge >= 0.3 is 12.6 Å². The number of rotatable bonds is 7. The predicted octanol–water partition coefficient (Wildman–Crippen LogP) is 3.91. The lowest BCUT2D eigenvalue weighted by Crippen LogP contribution is -2.34. The number of hydrogen-bond acceptors (Lipinski definition) is 3. The summed E-state index contributed by atoms with van der Waals surface area (Å²) < 4.78 is 29.1. The van der Waals surface area contributed by atoms with E-state index in [-0.39, 0.29) is 18.3 Å². The molecule has 2 N–H and O–H groups in total. The monoisotopic (exact) mass is 340 g/mol. The van der Waals surface area contributed by atoms with E-state index in [1.165, 1.54) is 10.9 Å². The second-order valence-corrected chi connectivity index (χ2v) is 6.00. The number of carbonyl (C=O) groups excluding carboxylic acids is 1. The van der Waals surface area contributed by atoms with Gasteiger partial charge in [0.1, 0.15) is 5.75 Å². The van der Waals surface area contributed by atoms with E-state index >= 15 is 0 Å². The van der Waals surface area contributed by atoms with Crippen LogP contribution in [0.15, 0.2) is 36.4 Å². The van der Waals surface area contributed by atoms with Gasteiger partial charge in [0.05, 0.1) is 6.54 Å². The average molecular weight is 340 g/mol. The highest BCUT2D eigenvalue weighted by Crippen LogP contribution is 2.20. The van der Waals surface area contributed by atoms with Gasteiger partial charge in [0.25, 0.3) is 0 Å². The van der Waals surface area contributed by atoms with Crippen molar-refractivity contribution in [3.05, 3.63) is 51.7 Å². The van der Waals surface area contributed by atoms with Gasteiger partial charge in [-0.05, 0) is 24.6 Å². The molecule has 23 heavy (non-hydrogen) atoms. The molecule has 2 aromatic rings.